The van der Waals surface area contributed by atoms with Crippen molar-refractivity contribution >= 4 is 15.4 Å². The summed E-state index contributed by atoms with van der Waals surface area (Å²) in [6.45, 7) is 9.24. The predicted octanol–water partition coefficient (Wildman–Crippen LogP) is 1.83. The van der Waals surface area contributed by atoms with Crippen LogP contribution in [0.1, 0.15) is 27.7 Å². The molecule has 0 rings (SSSR count). The summed E-state index contributed by atoms with van der Waals surface area (Å²) in [7, 11) is 2.68. The Morgan fingerprint density at radius 1 is 1.00 bits per heavy atom. The Morgan fingerprint density at radius 3 is 1.25 bits per heavy atom. The lowest BCUT2D eigenvalue weighted by Crippen LogP contribution is -2.01. The van der Waals surface area contributed by atoms with Crippen LogP contribution in [0.4, 0.5) is 0 Å². The first-order chi connectivity index (χ1) is 3.55. The minimum atomic E-state index is 0.301. The molecule has 0 spiro atoms. The summed E-state index contributed by atoms with van der Waals surface area (Å²) in [5, 5.41) is 0. The molecule has 0 aromatic heterocycles. The van der Waals surface area contributed by atoms with Gasteiger partial charge in [-0.25, -0.2) is 0 Å². The van der Waals surface area contributed by atoms with Gasteiger partial charge in [-0.05, 0) is 11.3 Å². The van der Waals surface area contributed by atoms with Gasteiger partial charge in [-0.2, -0.15) is 0 Å². The van der Waals surface area contributed by atoms with E-state index in [4.69, 9.17) is 0 Å². The van der Waals surface area contributed by atoms with Crippen molar-refractivity contribution in [3.05, 3.63) is 0 Å². The maximum absolute atomic E-state index is 2.38. The minimum absolute atomic E-state index is 0.301. The molecule has 0 fully saturated rings. The Labute approximate surface area is 55.2 Å². The second kappa shape index (κ2) is 3.51. The van der Waals surface area contributed by atoms with E-state index in [9.17, 15) is 0 Å². The molecule has 0 unspecified atom stereocenters. The van der Waals surface area contributed by atoms with Crippen LogP contribution in [0.5, 0.6) is 0 Å². The Kier molecular flexibility index (Phi) is 3.72. The van der Waals surface area contributed by atoms with Crippen LogP contribution in [-0.2, 0) is 0 Å². The Morgan fingerprint density at radius 2 is 1.25 bits per heavy atom. The van der Waals surface area contributed by atoms with Gasteiger partial charge in [0.05, 0.1) is 0 Å². The summed E-state index contributed by atoms with van der Waals surface area (Å²) in [6.07, 6.45) is 0. The van der Waals surface area contributed by atoms with Crippen LogP contribution in [0.15, 0.2) is 0 Å². The first kappa shape index (κ1) is 8.49. The van der Waals surface area contributed by atoms with Crippen LogP contribution < -0.4 is 0 Å². The molecule has 0 aliphatic rings. The van der Waals surface area contributed by atoms with Crippen molar-refractivity contribution in [1.82, 2.24) is 0 Å². The fourth-order valence-electron chi connectivity index (χ4n) is 0.596. The first-order valence-electron chi connectivity index (χ1n) is 3.27. The molecule has 48 valence electrons. The summed E-state index contributed by atoms with van der Waals surface area (Å²) in [6, 6.07) is 0. The van der Waals surface area contributed by atoms with Crippen molar-refractivity contribution in [3.63, 3.8) is 0 Å². The van der Waals surface area contributed by atoms with E-state index < -0.39 is 0 Å². The third-order valence-electron chi connectivity index (χ3n) is 1.63. The molecule has 0 radical (unpaired) electrons. The lowest BCUT2D eigenvalue weighted by atomic mass is 10.5. The van der Waals surface area contributed by atoms with E-state index in [2.05, 4.69) is 35.3 Å². The predicted molar refractivity (Wildman–Crippen MR) is 45.7 cm³/mol. The van der Waals surface area contributed by atoms with Crippen LogP contribution in [0.3, 0.4) is 0 Å². The van der Waals surface area contributed by atoms with Crippen molar-refractivity contribution in [1.29, 1.82) is 0 Å². The topological polar surface area (TPSA) is 0 Å². The molecule has 0 atom stereocenters. The fraction of sp³-hybridized carbons (Fsp3) is 1.00. The van der Waals surface area contributed by atoms with Gasteiger partial charge in [0.2, 0.25) is 0 Å². The van der Waals surface area contributed by atoms with Gasteiger partial charge < -0.3 is 0 Å². The number of hydrogen-bond donors (Lipinski definition) is 0. The van der Waals surface area contributed by atoms with E-state index in [1.165, 1.54) is 0 Å². The summed E-state index contributed by atoms with van der Waals surface area (Å²) in [5.41, 5.74) is 1.81. The van der Waals surface area contributed by atoms with E-state index >= 15 is 0 Å². The fourth-order valence-corrected chi connectivity index (χ4v) is 1.79. The first-order valence-corrected chi connectivity index (χ1v) is 5.20. The molecule has 0 saturated carbocycles. The van der Waals surface area contributed by atoms with E-state index in [0.717, 1.165) is 11.3 Å². The lowest BCUT2D eigenvalue weighted by Gasteiger charge is -2.20. The second-order valence-corrected chi connectivity index (χ2v) is 6.25. The summed E-state index contributed by atoms with van der Waals surface area (Å²) < 4.78 is 0. The molecule has 0 aromatic carbocycles. The normalized spacial score (nSPS) is 11.9. The van der Waals surface area contributed by atoms with Gasteiger partial charge in [-0.1, -0.05) is 27.7 Å². The monoisotopic (exact) mass is 130 g/mol. The highest BCUT2D eigenvalue weighted by Gasteiger charge is 2.08. The molecule has 0 aliphatic heterocycles. The van der Waals surface area contributed by atoms with E-state index in [1.807, 2.05) is 0 Å². The molecule has 0 aromatic rings. The summed E-state index contributed by atoms with van der Waals surface area (Å²) in [4.78, 5) is 0. The SMILES string of the molecule is BP(C(C)C)C(C)C. The van der Waals surface area contributed by atoms with E-state index in [-0.39, 0.29) is 0 Å². The van der Waals surface area contributed by atoms with Crippen molar-refractivity contribution in [2.24, 2.45) is 0 Å². The zero-order chi connectivity index (χ0) is 6.73. The van der Waals surface area contributed by atoms with Gasteiger partial charge in [0, 0.05) is 0 Å². The third kappa shape index (κ3) is 2.72. The van der Waals surface area contributed by atoms with Crippen molar-refractivity contribution in [2.75, 3.05) is 0 Å². The Balaban J connectivity index is 3.46. The zero-order valence-corrected chi connectivity index (χ0v) is 7.50. The molecule has 8 heavy (non-hydrogen) atoms. The molecular weight excluding hydrogens is 114 g/mol. The standard InChI is InChI=1S/C6H16BP/c1-5(2)8(7)6(3)4/h5-6H,7H2,1-4H3. The molecule has 0 amide bonds. The minimum Gasteiger partial charge on any atom is -0.144 e. The molecule has 0 bridgehead atoms. The quantitative estimate of drug-likeness (QED) is 0.395. The Hall–Kier alpha value is 0.495. The maximum atomic E-state index is 2.38. The summed E-state index contributed by atoms with van der Waals surface area (Å²) >= 11 is 0. The van der Waals surface area contributed by atoms with Crippen molar-refractivity contribution in [2.45, 2.75) is 39.0 Å². The molecule has 0 saturated heterocycles. The van der Waals surface area contributed by atoms with Crippen LogP contribution in [0.25, 0.3) is 0 Å². The largest absolute Gasteiger partial charge is 0.144 e. The number of hydrogen-bond acceptors (Lipinski definition) is 0. The highest BCUT2D eigenvalue weighted by molar-refractivity contribution is 7.83. The van der Waals surface area contributed by atoms with Gasteiger partial charge in [0.15, 0.2) is 0 Å². The molecule has 0 heterocycles. The van der Waals surface area contributed by atoms with E-state index in [0.29, 0.717) is 7.80 Å². The lowest BCUT2D eigenvalue weighted by molar-refractivity contribution is 1.03. The smallest absolute Gasteiger partial charge is 0.134 e. The van der Waals surface area contributed by atoms with Crippen LogP contribution >= 0.6 is 7.80 Å². The average Bonchev–Trinajstić information content (AvgIpc) is 1.64. The maximum Gasteiger partial charge on any atom is 0.134 e. The third-order valence-corrected chi connectivity index (χ3v) is 4.89. The van der Waals surface area contributed by atoms with Crippen LogP contribution in [0.2, 0.25) is 0 Å². The second-order valence-electron chi connectivity index (χ2n) is 2.85. The van der Waals surface area contributed by atoms with Crippen molar-refractivity contribution < 1.29 is 0 Å². The Bertz CT molecular complexity index is 53.5. The van der Waals surface area contributed by atoms with Gasteiger partial charge in [0.1, 0.15) is 7.57 Å². The van der Waals surface area contributed by atoms with Gasteiger partial charge in [-0.3, -0.25) is 0 Å². The van der Waals surface area contributed by atoms with E-state index in [1.54, 1.807) is 0 Å². The highest BCUT2D eigenvalue weighted by atomic mass is 31.1. The zero-order valence-electron chi connectivity index (χ0n) is 6.60. The summed E-state index contributed by atoms with van der Waals surface area (Å²) in [5.74, 6) is 0. The molecule has 0 nitrogen and oxygen atoms in total. The van der Waals surface area contributed by atoms with Gasteiger partial charge in [0.25, 0.3) is 0 Å². The van der Waals surface area contributed by atoms with Crippen molar-refractivity contribution in [3.8, 4) is 0 Å². The van der Waals surface area contributed by atoms with Crippen LogP contribution in [-0.4, -0.2) is 18.9 Å². The van der Waals surface area contributed by atoms with Crippen LogP contribution in [0, 0.1) is 0 Å². The molecule has 0 aliphatic carbocycles. The molecular formula is C6H16BP. The average molecular weight is 130 g/mol. The van der Waals surface area contributed by atoms with Gasteiger partial charge in [-0.15, -0.1) is 7.80 Å². The molecule has 2 heteroatoms. The number of rotatable bonds is 2. The van der Waals surface area contributed by atoms with Gasteiger partial charge >= 0.3 is 0 Å². The molecule has 0 N–H and O–H groups in total. The highest BCUT2D eigenvalue weighted by Crippen LogP contribution is 2.40.